The molecular weight excluding hydrogens is 308 g/mol. The molecule has 0 unspecified atom stereocenters. The van der Waals surface area contributed by atoms with Crippen LogP contribution in [0.25, 0.3) is 18.2 Å². The standard InChI is InChI=1S/C10H10.C8H8O3S.CH4/c1-3-9-7-5-6-8-10(9)4-2;1-2-7-5-3-4-6-8(7)12(9,10)11;/h3-8H,1-2H2;2-6H,1H2,(H,9,10,11);1H4. The summed E-state index contributed by atoms with van der Waals surface area (Å²) in [6.07, 6.45) is 5.04. The van der Waals surface area contributed by atoms with Crippen molar-refractivity contribution in [2.24, 2.45) is 0 Å². The van der Waals surface area contributed by atoms with Gasteiger partial charge < -0.3 is 0 Å². The fourth-order valence-corrected chi connectivity index (χ4v) is 2.47. The summed E-state index contributed by atoms with van der Waals surface area (Å²) in [7, 11) is -4.12. The molecule has 0 fully saturated rings. The summed E-state index contributed by atoms with van der Waals surface area (Å²) >= 11 is 0. The monoisotopic (exact) mass is 330 g/mol. The number of benzene rings is 2. The van der Waals surface area contributed by atoms with Crippen molar-refractivity contribution in [2.75, 3.05) is 0 Å². The van der Waals surface area contributed by atoms with Crippen molar-refractivity contribution in [1.82, 2.24) is 0 Å². The first kappa shape index (κ1) is 20.6. The lowest BCUT2D eigenvalue weighted by Crippen LogP contribution is -1.99. The van der Waals surface area contributed by atoms with Crippen LogP contribution in [-0.4, -0.2) is 13.0 Å². The van der Waals surface area contributed by atoms with Gasteiger partial charge in [-0.25, -0.2) is 0 Å². The van der Waals surface area contributed by atoms with Crippen LogP contribution in [0, 0.1) is 0 Å². The smallest absolute Gasteiger partial charge is 0.282 e. The second kappa shape index (κ2) is 9.56. The van der Waals surface area contributed by atoms with Crippen LogP contribution in [-0.2, 0) is 10.1 Å². The topological polar surface area (TPSA) is 54.4 Å². The fraction of sp³-hybridized carbons (Fsp3) is 0.0526. The molecule has 2 aromatic carbocycles. The third kappa shape index (κ3) is 6.06. The fourth-order valence-electron chi connectivity index (χ4n) is 1.77. The average Bonchev–Trinajstić information content (AvgIpc) is 2.54. The Morgan fingerprint density at radius 2 is 1.09 bits per heavy atom. The summed E-state index contributed by atoms with van der Waals surface area (Å²) in [6.45, 7) is 10.8. The zero-order valence-corrected chi connectivity index (χ0v) is 13.0. The van der Waals surface area contributed by atoms with E-state index in [1.54, 1.807) is 12.1 Å². The van der Waals surface area contributed by atoms with E-state index in [-0.39, 0.29) is 12.3 Å². The molecule has 1 N–H and O–H groups in total. The molecule has 0 aliphatic rings. The molecule has 122 valence electrons. The van der Waals surface area contributed by atoms with Gasteiger partial charge in [0.1, 0.15) is 4.90 Å². The molecule has 2 aromatic rings. The zero-order valence-electron chi connectivity index (χ0n) is 12.1. The SMILES string of the molecule is C.C=Cc1ccccc1C=C.C=Cc1ccccc1S(=O)(=O)O. The van der Waals surface area contributed by atoms with Crippen LogP contribution in [0.3, 0.4) is 0 Å². The minimum Gasteiger partial charge on any atom is -0.282 e. The summed E-state index contributed by atoms with van der Waals surface area (Å²) in [4.78, 5) is -0.111. The molecule has 0 spiro atoms. The van der Waals surface area contributed by atoms with Gasteiger partial charge in [0.25, 0.3) is 10.1 Å². The highest BCUT2D eigenvalue weighted by Gasteiger charge is 2.11. The van der Waals surface area contributed by atoms with E-state index in [2.05, 4.69) is 19.7 Å². The Morgan fingerprint density at radius 1 is 0.739 bits per heavy atom. The van der Waals surface area contributed by atoms with Crippen molar-refractivity contribution in [3.8, 4) is 0 Å². The number of hydrogen-bond donors (Lipinski definition) is 1. The molecule has 0 aliphatic carbocycles. The maximum Gasteiger partial charge on any atom is 0.295 e. The van der Waals surface area contributed by atoms with Crippen molar-refractivity contribution < 1.29 is 13.0 Å². The van der Waals surface area contributed by atoms with E-state index < -0.39 is 10.1 Å². The molecule has 4 heteroatoms. The molecule has 0 heterocycles. The van der Waals surface area contributed by atoms with E-state index in [9.17, 15) is 8.42 Å². The van der Waals surface area contributed by atoms with Crippen molar-refractivity contribution >= 4 is 28.3 Å². The molecule has 0 saturated carbocycles. The molecule has 3 nitrogen and oxygen atoms in total. The van der Waals surface area contributed by atoms with Crippen LogP contribution >= 0.6 is 0 Å². The summed E-state index contributed by atoms with van der Waals surface area (Å²) in [5.41, 5.74) is 2.68. The van der Waals surface area contributed by atoms with Gasteiger partial charge in [0.2, 0.25) is 0 Å². The van der Waals surface area contributed by atoms with Gasteiger partial charge in [-0.05, 0) is 22.8 Å². The predicted octanol–water partition coefficient (Wildman–Crippen LogP) is 5.19. The van der Waals surface area contributed by atoms with E-state index in [1.807, 2.05) is 36.4 Å². The maximum atomic E-state index is 10.7. The molecule has 2 rings (SSSR count). The third-order valence-electron chi connectivity index (χ3n) is 2.85. The summed E-state index contributed by atoms with van der Waals surface area (Å²) in [6, 6.07) is 14.1. The van der Waals surface area contributed by atoms with Crippen molar-refractivity contribution in [2.45, 2.75) is 12.3 Å². The predicted molar refractivity (Wildman–Crippen MR) is 99.7 cm³/mol. The molecule has 0 atom stereocenters. The first-order chi connectivity index (χ1) is 10.4. The summed E-state index contributed by atoms with van der Waals surface area (Å²) in [5.74, 6) is 0. The Bertz CT molecular complexity index is 748. The Labute approximate surface area is 139 Å². The van der Waals surface area contributed by atoms with Crippen LogP contribution in [0.4, 0.5) is 0 Å². The molecule has 0 saturated heterocycles. The summed E-state index contributed by atoms with van der Waals surface area (Å²) in [5, 5.41) is 0. The first-order valence-electron chi connectivity index (χ1n) is 6.47. The van der Waals surface area contributed by atoms with Crippen LogP contribution in [0.15, 0.2) is 73.2 Å². The van der Waals surface area contributed by atoms with E-state index in [1.165, 1.54) is 18.2 Å². The van der Waals surface area contributed by atoms with E-state index in [0.717, 1.165) is 11.1 Å². The van der Waals surface area contributed by atoms with Gasteiger partial charge in [-0.3, -0.25) is 4.55 Å². The Hall–Kier alpha value is -2.43. The van der Waals surface area contributed by atoms with E-state index in [4.69, 9.17) is 4.55 Å². The van der Waals surface area contributed by atoms with Gasteiger partial charge in [0, 0.05) is 0 Å². The minimum absolute atomic E-state index is 0. The van der Waals surface area contributed by atoms with Crippen molar-refractivity contribution in [3.63, 3.8) is 0 Å². The molecule has 23 heavy (non-hydrogen) atoms. The normalized spacial score (nSPS) is 9.61. The highest BCUT2D eigenvalue weighted by atomic mass is 32.2. The largest absolute Gasteiger partial charge is 0.295 e. The van der Waals surface area contributed by atoms with Gasteiger partial charge in [-0.1, -0.05) is 87.9 Å². The van der Waals surface area contributed by atoms with Gasteiger partial charge in [-0.2, -0.15) is 8.42 Å². The highest BCUT2D eigenvalue weighted by Crippen LogP contribution is 2.15. The maximum absolute atomic E-state index is 10.7. The molecule has 0 bridgehead atoms. The molecule has 0 aliphatic heterocycles. The average molecular weight is 330 g/mol. The van der Waals surface area contributed by atoms with Gasteiger partial charge >= 0.3 is 0 Å². The second-order valence-corrected chi connectivity index (χ2v) is 5.64. The van der Waals surface area contributed by atoms with Gasteiger partial charge in [0.15, 0.2) is 0 Å². The highest BCUT2D eigenvalue weighted by molar-refractivity contribution is 7.85. The second-order valence-electron chi connectivity index (χ2n) is 4.25. The van der Waals surface area contributed by atoms with Crippen LogP contribution in [0.1, 0.15) is 24.1 Å². The number of rotatable bonds is 4. The number of hydrogen-bond acceptors (Lipinski definition) is 2. The van der Waals surface area contributed by atoms with Crippen molar-refractivity contribution in [3.05, 3.63) is 85.0 Å². The van der Waals surface area contributed by atoms with Crippen LogP contribution in [0.2, 0.25) is 0 Å². The van der Waals surface area contributed by atoms with E-state index >= 15 is 0 Å². The van der Waals surface area contributed by atoms with Gasteiger partial charge in [-0.15, -0.1) is 0 Å². The molecule has 0 aromatic heterocycles. The Balaban J connectivity index is 0.000000409. The van der Waals surface area contributed by atoms with E-state index in [0.29, 0.717) is 5.56 Å². The quantitative estimate of drug-likeness (QED) is 0.785. The molecular formula is C19H22O3S. The Morgan fingerprint density at radius 3 is 1.39 bits per heavy atom. The lowest BCUT2D eigenvalue weighted by molar-refractivity contribution is 0.483. The van der Waals surface area contributed by atoms with Crippen molar-refractivity contribution in [1.29, 1.82) is 0 Å². The third-order valence-corrected chi connectivity index (χ3v) is 3.78. The lowest BCUT2D eigenvalue weighted by atomic mass is 10.1. The Kier molecular flexibility index (Phi) is 8.55. The summed E-state index contributed by atoms with van der Waals surface area (Å²) < 4.78 is 30.2. The molecule has 0 radical (unpaired) electrons. The lowest BCUT2D eigenvalue weighted by Gasteiger charge is -2.00. The first-order valence-corrected chi connectivity index (χ1v) is 7.91. The molecule has 0 amide bonds. The minimum atomic E-state index is -4.12. The van der Waals surface area contributed by atoms with Crippen LogP contribution < -0.4 is 0 Å². The zero-order chi connectivity index (χ0) is 16.6. The van der Waals surface area contributed by atoms with Crippen LogP contribution in [0.5, 0.6) is 0 Å². The van der Waals surface area contributed by atoms with Gasteiger partial charge in [0.05, 0.1) is 0 Å².